The zero-order valence-corrected chi connectivity index (χ0v) is 11.9. The molecule has 1 heterocycles. The van der Waals surface area contributed by atoms with Crippen LogP contribution in [0, 0.1) is 10.1 Å². The molecule has 0 aliphatic carbocycles. The van der Waals surface area contributed by atoms with Crippen molar-refractivity contribution in [2.75, 3.05) is 18.5 Å². The molecule has 1 fully saturated rings. The average Bonchev–Trinajstić information content (AvgIpc) is 2.44. The molecule has 3 N–H and O–H groups in total. The number of nitrogens with one attached hydrogen (secondary N) is 1. The second kappa shape index (κ2) is 6.06. The van der Waals surface area contributed by atoms with Crippen molar-refractivity contribution >= 4 is 17.3 Å². The van der Waals surface area contributed by atoms with Crippen molar-refractivity contribution in [3.8, 4) is 0 Å². The Balaban J connectivity index is 2.35. The van der Waals surface area contributed by atoms with Crippen LogP contribution in [0.15, 0.2) is 18.2 Å². The maximum Gasteiger partial charge on any atom is 0.282 e. The number of hydrogen-bond acceptors (Lipinski definition) is 6. The minimum absolute atomic E-state index is 0.0248. The molecule has 2 rings (SSSR count). The van der Waals surface area contributed by atoms with Gasteiger partial charge in [0.15, 0.2) is 0 Å². The van der Waals surface area contributed by atoms with Crippen molar-refractivity contribution in [2.45, 2.75) is 26.1 Å². The number of hydrogen-bond donors (Lipinski definition) is 2. The second-order valence-corrected chi connectivity index (χ2v) is 5.10. The first-order chi connectivity index (χ1) is 9.92. The second-order valence-electron chi connectivity index (χ2n) is 5.10. The van der Waals surface area contributed by atoms with Crippen molar-refractivity contribution in [1.82, 2.24) is 4.90 Å². The van der Waals surface area contributed by atoms with Crippen LogP contribution < -0.4 is 11.3 Å². The number of carbonyl (C=O) groups is 1. The number of nitro groups is 1. The monoisotopic (exact) mass is 294 g/mol. The van der Waals surface area contributed by atoms with Gasteiger partial charge in [-0.25, -0.2) is 0 Å². The van der Waals surface area contributed by atoms with Gasteiger partial charge in [-0.1, -0.05) is 0 Å². The molecule has 0 bridgehead atoms. The maximum atomic E-state index is 12.6. The van der Waals surface area contributed by atoms with Crippen LogP contribution in [0.5, 0.6) is 0 Å². The van der Waals surface area contributed by atoms with Gasteiger partial charge in [0.05, 0.1) is 17.1 Å². The summed E-state index contributed by atoms with van der Waals surface area (Å²) in [5.74, 6) is 4.91. The molecule has 1 aromatic rings. The van der Waals surface area contributed by atoms with E-state index in [1.807, 2.05) is 13.8 Å². The highest BCUT2D eigenvalue weighted by molar-refractivity contribution is 5.99. The van der Waals surface area contributed by atoms with Crippen molar-refractivity contribution in [3.63, 3.8) is 0 Å². The highest BCUT2D eigenvalue weighted by Gasteiger charge is 2.30. The van der Waals surface area contributed by atoms with E-state index in [9.17, 15) is 14.9 Å². The van der Waals surface area contributed by atoms with E-state index in [1.165, 1.54) is 18.2 Å². The van der Waals surface area contributed by atoms with Gasteiger partial charge in [-0.15, -0.1) is 0 Å². The first-order valence-corrected chi connectivity index (χ1v) is 6.62. The van der Waals surface area contributed by atoms with E-state index in [4.69, 9.17) is 10.6 Å². The molecule has 1 aliphatic heterocycles. The van der Waals surface area contributed by atoms with Crippen molar-refractivity contribution in [2.24, 2.45) is 5.84 Å². The van der Waals surface area contributed by atoms with Crippen LogP contribution in [-0.2, 0) is 4.74 Å². The fourth-order valence-electron chi connectivity index (χ4n) is 2.47. The molecule has 0 unspecified atom stereocenters. The van der Waals surface area contributed by atoms with Gasteiger partial charge in [0, 0.05) is 24.8 Å². The SMILES string of the molecule is C[C@@H]1CN(C(=O)c2cc(NN)ccc2[N+](=O)[O-])C[C@H](C)O1. The van der Waals surface area contributed by atoms with Gasteiger partial charge in [0.25, 0.3) is 11.6 Å². The van der Waals surface area contributed by atoms with Crippen LogP contribution in [0.25, 0.3) is 0 Å². The summed E-state index contributed by atoms with van der Waals surface area (Å²) >= 11 is 0. The summed E-state index contributed by atoms with van der Waals surface area (Å²) < 4.78 is 5.56. The number of amides is 1. The van der Waals surface area contributed by atoms with Crippen LogP contribution >= 0.6 is 0 Å². The number of anilines is 1. The lowest BCUT2D eigenvalue weighted by Gasteiger charge is -2.35. The molecule has 8 nitrogen and oxygen atoms in total. The van der Waals surface area contributed by atoms with Crippen LogP contribution in [0.1, 0.15) is 24.2 Å². The minimum atomic E-state index is -0.569. The van der Waals surface area contributed by atoms with E-state index in [1.54, 1.807) is 4.90 Å². The Hall–Kier alpha value is -2.19. The van der Waals surface area contributed by atoms with Crippen molar-refractivity contribution in [3.05, 3.63) is 33.9 Å². The number of ether oxygens (including phenoxy) is 1. The molecule has 8 heteroatoms. The van der Waals surface area contributed by atoms with Gasteiger partial charge in [-0.3, -0.25) is 20.8 Å². The number of carbonyl (C=O) groups excluding carboxylic acids is 1. The lowest BCUT2D eigenvalue weighted by molar-refractivity contribution is -0.385. The van der Waals surface area contributed by atoms with Crippen LogP contribution in [0.2, 0.25) is 0 Å². The van der Waals surface area contributed by atoms with Crippen molar-refractivity contribution in [1.29, 1.82) is 0 Å². The quantitative estimate of drug-likeness (QED) is 0.491. The lowest BCUT2D eigenvalue weighted by Crippen LogP contribution is -2.48. The summed E-state index contributed by atoms with van der Waals surface area (Å²) in [7, 11) is 0. The molecular formula is C13H18N4O4. The van der Waals surface area contributed by atoms with E-state index in [0.717, 1.165) is 0 Å². The lowest BCUT2D eigenvalue weighted by atomic mass is 10.1. The predicted molar refractivity (Wildman–Crippen MR) is 76.8 cm³/mol. The Morgan fingerprint density at radius 1 is 1.43 bits per heavy atom. The zero-order valence-electron chi connectivity index (χ0n) is 11.9. The Morgan fingerprint density at radius 3 is 2.57 bits per heavy atom. The van der Waals surface area contributed by atoms with E-state index in [0.29, 0.717) is 18.8 Å². The normalized spacial score (nSPS) is 22.0. The third-order valence-corrected chi connectivity index (χ3v) is 3.30. The third-order valence-electron chi connectivity index (χ3n) is 3.30. The topological polar surface area (TPSA) is 111 Å². The van der Waals surface area contributed by atoms with Gasteiger partial charge in [-0.05, 0) is 26.0 Å². The Morgan fingerprint density at radius 2 is 2.05 bits per heavy atom. The average molecular weight is 294 g/mol. The zero-order chi connectivity index (χ0) is 15.6. The Kier molecular flexibility index (Phi) is 4.39. The maximum absolute atomic E-state index is 12.6. The Bertz CT molecular complexity index is 553. The fraction of sp³-hybridized carbons (Fsp3) is 0.462. The number of nitrogen functional groups attached to an aromatic ring is 1. The van der Waals surface area contributed by atoms with Crippen LogP contribution in [-0.4, -0.2) is 41.0 Å². The summed E-state index contributed by atoms with van der Waals surface area (Å²) in [5.41, 5.74) is 2.63. The molecule has 0 spiro atoms. The smallest absolute Gasteiger partial charge is 0.282 e. The fourth-order valence-corrected chi connectivity index (χ4v) is 2.47. The molecule has 0 radical (unpaired) electrons. The van der Waals surface area contributed by atoms with Gasteiger partial charge in [0.2, 0.25) is 0 Å². The molecule has 2 atom stereocenters. The minimum Gasteiger partial charge on any atom is -0.372 e. The Labute approximate surface area is 122 Å². The summed E-state index contributed by atoms with van der Waals surface area (Å²) in [6, 6.07) is 4.13. The van der Waals surface area contributed by atoms with E-state index in [2.05, 4.69) is 5.43 Å². The van der Waals surface area contributed by atoms with Gasteiger partial charge in [-0.2, -0.15) is 0 Å². The first-order valence-electron chi connectivity index (χ1n) is 6.62. The van der Waals surface area contributed by atoms with Crippen LogP contribution in [0.4, 0.5) is 11.4 Å². The number of nitrogens with zero attached hydrogens (tertiary/aromatic N) is 2. The first kappa shape index (κ1) is 15.2. The summed E-state index contributed by atoms with van der Waals surface area (Å²) in [6.45, 7) is 4.53. The number of hydrazine groups is 1. The molecule has 21 heavy (non-hydrogen) atoms. The number of nitrogens with two attached hydrogens (primary N) is 1. The molecule has 1 aliphatic rings. The van der Waals surface area contributed by atoms with E-state index in [-0.39, 0.29) is 29.4 Å². The van der Waals surface area contributed by atoms with E-state index < -0.39 is 4.92 Å². The highest BCUT2D eigenvalue weighted by atomic mass is 16.6. The number of nitro benzene ring substituents is 1. The standard InChI is InChI=1S/C13H18N4O4/c1-8-6-16(7-9(2)21-8)13(18)11-5-10(15-14)3-4-12(11)17(19)20/h3-5,8-9,15H,6-7,14H2,1-2H3/t8-,9+. The van der Waals surface area contributed by atoms with Gasteiger partial charge >= 0.3 is 0 Å². The summed E-state index contributed by atoms with van der Waals surface area (Å²) in [5, 5.41) is 11.1. The molecule has 114 valence electrons. The predicted octanol–water partition coefficient (Wildman–Crippen LogP) is 1.13. The third kappa shape index (κ3) is 3.29. The molecule has 0 saturated carbocycles. The summed E-state index contributed by atoms with van der Waals surface area (Å²) in [4.78, 5) is 24.7. The molecule has 0 aromatic heterocycles. The van der Waals surface area contributed by atoms with E-state index >= 15 is 0 Å². The largest absolute Gasteiger partial charge is 0.372 e. The van der Waals surface area contributed by atoms with Crippen molar-refractivity contribution < 1.29 is 14.5 Å². The molecular weight excluding hydrogens is 276 g/mol. The van der Waals surface area contributed by atoms with Crippen LogP contribution in [0.3, 0.4) is 0 Å². The molecule has 1 saturated heterocycles. The number of benzene rings is 1. The number of rotatable bonds is 3. The van der Waals surface area contributed by atoms with Gasteiger partial charge in [0.1, 0.15) is 5.56 Å². The van der Waals surface area contributed by atoms with Gasteiger partial charge < -0.3 is 15.1 Å². The summed E-state index contributed by atoms with van der Waals surface area (Å²) in [6.07, 6.45) is -0.208. The molecule has 1 amide bonds. The highest BCUT2D eigenvalue weighted by Crippen LogP contribution is 2.25. The molecule has 1 aromatic carbocycles. The number of morpholine rings is 1.